The van der Waals surface area contributed by atoms with Crippen LogP contribution in [0.2, 0.25) is 0 Å². The lowest BCUT2D eigenvalue weighted by molar-refractivity contribution is 0.415. The predicted molar refractivity (Wildman–Crippen MR) is 98.5 cm³/mol. The zero-order valence-electron chi connectivity index (χ0n) is 12.8. The maximum absolute atomic E-state index is 5.45. The van der Waals surface area contributed by atoms with Crippen molar-refractivity contribution in [3.63, 3.8) is 0 Å². The Balaban J connectivity index is 1.63. The molecule has 0 unspecified atom stereocenters. The zero-order chi connectivity index (χ0) is 15.4. The van der Waals surface area contributed by atoms with Gasteiger partial charge in [0, 0.05) is 22.7 Å². The van der Waals surface area contributed by atoms with E-state index in [1.54, 1.807) is 11.3 Å². The Morgan fingerprint density at radius 1 is 1.27 bits per heavy atom. The van der Waals surface area contributed by atoms with Crippen LogP contribution in [0.3, 0.4) is 0 Å². The van der Waals surface area contributed by atoms with Crippen molar-refractivity contribution < 1.29 is 0 Å². The van der Waals surface area contributed by atoms with E-state index in [4.69, 9.17) is 12.2 Å². The molecule has 116 valence electrons. The lowest BCUT2D eigenvalue weighted by Crippen LogP contribution is -2.38. The summed E-state index contributed by atoms with van der Waals surface area (Å²) in [5.74, 6) is 0. The fourth-order valence-corrected chi connectivity index (χ4v) is 3.76. The Labute approximate surface area is 141 Å². The van der Waals surface area contributed by atoms with E-state index in [0.29, 0.717) is 6.04 Å². The topological polar surface area (TPSA) is 37.0 Å². The van der Waals surface area contributed by atoms with E-state index in [1.807, 2.05) is 19.1 Å². The van der Waals surface area contributed by atoms with Crippen LogP contribution in [0.5, 0.6) is 0 Å². The van der Waals surface area contributed by atoms with Gasteiger partial charge >= 0.3 is 0 Å². The first-order valence-electron chi connectivity index (χ1n) is 7.81. The van der Waals surface area contributed by atoms with Crippen molar-refractivity contribution in [3.8, 4) is 11.3 Å². The van der Waals surface area contributed by atoms with Gasteiger partial charge in [-0.2, -0.15) is 0 Å². The lowest BCUT2D eigenvalue weighted by atomic mass is 9.96. The SMILES string of the molecule is Cc1nc(-c2cccc(NC(=S)NC3CCCCC3)c2)cs1. The van der Waals surface area contributed by atoms with Crippen molar-refractivity contribution >= 4 is 34.4 Å². The third-order valence-corrected chi connectivity index (χ3v) is 4.97. The molecule has 5 heteroatoms. The summed E-state index contributed by atoms with van der Waals surface area (Å²) in [6.45, 7) is 2.03. The number of aryl methyl sites for hydroxylation is 1. The van der Waals surface area contributed by atoms with E-state index in [-0.39, 0.29) is 0 Å². The molecule has 0 spiro atoms. The van der Waals surface area contributed by atoms with Crippen molar-refractivity contribution in [2.45, 2.75) is 45.1 Å². The molecule has 3 nitrogen and oxygen atoms in total. The normalized spacial score (nSPS) is 15.5. The third kappa shape index (κ3) is 4.05. The molecule has 2 aromatic rings. The molecule has 1 aromatic carbocycles. The molecule has 1 saturated carbocycles. The molecule has 1 aliphatic rings. The van der Waals surface area contributed by atoms with Gasteiger partial charge in [-0.3, -0.25) is 0 Å². The van der Waals surface area contributed by atoms with Crippen molar-refractivity contribution in [3.05, 3.63) is 34.7 Å². The molecular formula is C17H21N3S2. The van der Waals surface area contributed by atoms with Crippen molar-refractivity contribution in [1.29, 1.82) is 0 Å². The maximum Gasteiger partial charge on any atom is 0.170 e. The van der Waals surface area contributed by atoms with E-state index >= 15 is 0 Å². The van der Waals surface area contributed by atoms with Gasteiger partial charge < -0.3 is 10.6 Å². The molecule has 1 heterocycles. The number of anilines is 1. The molecule has 2 N–H and O–H groups in total. The van der Waals surface area contributed by atoms with Crippen LogP contribution in [0.1, 0.15) is 37.1 Å². The molecule has 0 atom stereocenters. The van der Waals surface area contributed by atoms with E-state index in [9.17, 15) is 0 Å². The van der Waals surface area contributed by atoms with E-state index in [0.717, 1.165) is 27.1 Å². The lowest BCUT2D eigenvalue weighted by Gasteiger charge is -2.24. The summed E-state index contributed by atoms with van der Waals surface area (Å²) < 4.78 is 0. The third-order valence-electron chi connectivity index (χ3n) is 3.98. The van der Waals surface area contributed by atoms with Gasteiger partial charge in [0.1, 0.15) is 0 Å². The molecule has 1 fully saturated rings. The van der Waals surface area contributed by atoms with Crippen molar-refractivity contribution in [2.75, 3.05) is 5.32 Å². The summed E-state index contributed by atoms with van der Waals surface area (Å²) in [6.07, 6.45) is 6.41. The number of benzene rings is 1. The summed E-state index contributed by atoms with van der Waals surface area (Å²) in [5, 5.41) is 10.6. The van der Waals surface area contributed by atoms with Gasteiger partial charge in [0.05, 0.1) is 10.7 Å². The number of hydrogen-bond donors (Lipinski definition) is 2. The Morgan fingerprint density at radius 3 is 2.82 bits per heavy atom. The summed E-state index contributed by atoms with van der Waals surface area (Å²) >= 11 is 7.12. The van der Waals surface area contributed by atoms with E-state index < -0.39 is 0 Å². The van der Waals surface area contributed by atoms with Crippen LogP contribution < -0.4 is 10.6 Å². The second-order valence-electron chi connectivity index (χ2n) is 5.77. The van der Waals surface area contributed by atoms with Crippen LogP contribution in [0.4, 0.5) is 5.69 Å². The van der Waals surface area contributed by atoms with Crippen LogP contribution in [-0.2, 0) is 0 Å². The number of hydrogen-bond acceptors (Lipinski definition) is 3. The van der Waals surface area contributed by atoms with Gasteiger partial charge in [0.25, 0.3) is 0 Å². The summed E-state index contributed by atoms with van der Waals surface area (Å²) in [7, 11) is 0. The number of aromatic nitrogens is 1. The monoisotopic (exact) mass is 331 g/mol. The average molecular weight is 332 g/mol. The van der Waals surface area contributed by atoms with Gasteiger partial charge in [-0.15, -0.1) is 11.3 Å². The Morgan fingerprint density at radius 2 is 2.09 bits per heavy atom. The predicted octanol–water partition coefficient (Wildman–Crippen LogP) is 4.74. The molecule has 1 aliphatic carbocycles. The molecule has 0 bridgehead atoms. The standard InChI is InChI=1S/C17H21N3S2/c1-12-18-16(11-22-12)13-6-5-9-15(10-13)20-17(21)19-14-7-3-2-4-8-14/h5-6,9-11,14H,2-4,7-8H2,1H3,(H2,19,20,21). The Hall–Kier alpha value is -1.46. The molecule has 0 saturated heterocycles. The maximum atomic E-state index is 5.45. The molecule has 0 amide bonds. The van der Waals surface area contributed by atoms with Crippen LogP contribution in [-0.4, -0.2) is 16.1 Å². The first-order valence-corrected chi connectivity index (χ1v) is 9.09. The highest BCUT2D eigenvalue weighted by Gasteiger charge is 2.14. The van der Waals surface area contributed by atoms with Gasteiger partial charge in [0.2, 0.25) is 0 Å². The number of thiocarbonyl (C=S) groups is 1. The highest BCUT2D eigenvalue weighted by Crippen LogP contribution is 2.24. The van der Waals surface area contributed by atoms with Gasteiger partial charge in [0.15, 0.2) is 5.11 Å². The molecular weight excluding hydrogens is 310 g/mol. The largest absolute Gasteiger partial charge is 0.360 e. The van der Waals surface area contributed by atoms with E-state index in [1.165, 1.54) is 32.1 Å². The first-order chi connectivity index (χ1) is 10.7. The van der Waals surface area contributed by atoms with Crippen molar-refractivity contribution in [1.82, 2.24) is 10.3 Å². The van der Waals surface area contributed by atoms with Crippen LogP contribution in [0.25, 0.3) is 11.3 Å². The first kappa shape index (κ1) is 15.4. The van der Waals surface area contributed by atoms with E-state index in [2.05, 4.69) is 33.1 Å². The highest BCUT2D eigenvalue weighted by molar-refractivity contribution is 7.80. The minimum Gasteiger partial charge on any atom is -0.360 e. The highest BCUT2D eigenvalue weighted by atomic mass is 32.1. The molecule has 22 heavy (non-hydrogen) atoms. The molecule has 3 rings (SSSR count). The average Bonchev–Trinajstić information content (AvgIpc) is 2.95. The van der Waals surface area contributed by atoms with Crippen LogP contribution >= 0.6 is 23.6 Å². The number of thiazole rings is 1. The Bertz CT molecular complexity index is 645. The zero-order valence-corrected chi connectivity index (χ0v) is 14.4. The number of rotatable bonds is 3. The Kier molecular flexibility index (Phi) is 5.05. The quantitative estimate of drug-likeness (QED) is 0.797. The van der Waals surface area contributed by atoms with Gasteiger partial charge in [-0.05, 0) is 44.1 Å². The van der Waals surface area contributed by atoms with Crippen molar-refractivity contribution in [2.24, 2.45) is 0 Å². The smallest absolute Gasteiger partial charge is 0.170 e. The summed E-state index contributed by atoms with van der Waals surface area (Å²) in [6, 6.07) is 8.78. The fraction of sp³-hybridized carbons (Fsp3) is 0.412. The van der Waals surface area contributed by atoms with Crippen LogP contribution in [0.15, 0.2) is 29.6 Å². The number of nitrogens with one attached hydrogen (secondary N) is 2. The molecule has 0 aliphatic heterocycles. The second-order valence-corrected chi connectivity index (χ2v) is 7.24. The summed E-state index contributed by atoms with van der Waals surface area (Å²) in [4.78, 5) is 4.54. The van der Waals surface area contributed by atoms with Gasteiger partial charge in [-0.25, -0.2) is 4.98 Å². The van der Waals surface area contributed by atoms with Crippen LogP contribution in [0, 0.1) is 6.92 Å². The minimum absolute atomic E-state index is 0.526. The molecule has 0 radical (unpaired) electrons. The van der Waals surface area contributed by atoms with Gasteiger partial charge in [-0.1, -0.05) is 31.4 Å². The fourth-order valence-electron chi connectivity index (χ4n) is 2.85. The minimum atomic E-state index is 0.526. The number of nitrogens with zero attached hydrogens (tertiary/aromatic N) is 1. The molecule has 1 aromatic heterocycles. The summed E-state index contributed by atoms with van der Waals surface area (Å²) in [5.41, 5.74) is 3.16. The second kappa shape index (κ2) is 7.20.